The van der Waals surface area contributed by atoms with E-state index in [9.17, 15) is 4.79 Å². The summed E-state index contributed by atoms with van der Waals surface area (Å²) in [6.07, 6.45) is 5.25. The minimum Gasteiger partial charge on any atom is -0.302 e. The van der Waals surface area contributed by atoms with Gasteiger partial charge in [0.15, 0.2) is 0 Å². The molecule has 2 rings (SSSR count). The van der Waals surface area contributed by atoms with E-state index < -0.39 is 0 Å². The van der Waals surface area contributed by atoms with Gasteiger partial charge in [0.05, 0.1) is 0 Å². The molecule has 1 fully saturated rings. The number of benzene rings is 1. The molecule has 0 aromatic heterocycles. The summed E-state index contributed by atoms with van der Waals surface area (Å²) in [5.74, 6) is 0. The van der Waals surface area contributed by atoms with E-state index in [0.717, 1.165) is 19.1 Å². The predicted molar refractivity (Wildman–Crippen MR) is 57.8 cm³/mol. The van der Waals surface area contributed by atoms with Gasteiger partial charge in [-0.15, -0.1) is 0 Å². The third-order valence-corrected chi connectivity index (χ3v) is 2.98. The Morgan fingerprint density at radius 1 is 1.29 bits per heavy atom. The molecule has 0 N–H and O–H groups in total. The lowest BCUT2D eigenvalue weighted by Crippen LogP contribution is -2.02. The number of hydrogen-bond acceptors (Lipinski definition) is 1. The maximum absolute atomic E-state index is 10.9. The molecule has 14 heavy (non-hydrogen) atoms. The minimum absolute atomic E-state index is 0.115. The summed E-state index contributed by atoms with van der Waals surface area (Å²) in [7, 11) is 0. The van der Waals surface area contributed by atoms with Gasteiger partial charge in [-0.2, -0.15) is 0 Å². The van der Waals surface area contributed by atoms with E-state index in [1.807, 2.05) is 18.2 Å². The molecule has 1 aromatic rings. The average molecular weight is 186 g/mol. The van der Waals surface area contributed by atoms with E-state index in [2.05, 4.69) is 25.1 Å². The molecular weight excluding hydrogens is 172 g/mol. The molecular formula is C13H14O. The highest BCUT2D eigenvalue weighted by Crippen LogP contribution is 2.50. The van der Waals surface area contributed by atoms with Gasteiger partial charge in [0.1, 0.15) is 6.29 Å². The maximum Gasteiger partial charge on any atom is 0.130 e. The maximum atomic E-state index is 10.9. The Hall–Kier alpha value is -1.37. The fraction of sp³-hybridized carbons (Fsp3) is 0.308. The van der Waals surface area contributed by atoms with Crippen molar-refractivity contribution in [1.29, 1.82) is 0 Å². The van der Waals surface area contributed by atoms with Crippen LogP contribution >= 0.6 is 0 Å². The van der Waals surface area contributed by atoms with E-state index in [1.165, 1.54) is 11.1 Å². The standard InChI is InChI=1S/C13H14O/c1-11(13(10-14)7-8-13)9-12-5-3-2-4-6-12/h2-6,9-10H,7-8H2,1H3/b11-9-. The van der Waals surface area contributed by atoms with Crippen molar-refractivity contribution in [1.82, 2.24) is 0 Å². The van der Waals surface area contributed by atoms with Crippen molar-refractivity contribution >= 4 is 12.4 Å². The van der Waals surface area contributed by atoms with Crippen LogP contribution in [0.1, 0.15) is 25.3 Å². The summed E-state index contributed by atoms with van der Waals surface area (Å²) >= 11 is 0. The molecule has 0 heterocycles. The first kappa shape index (κ1) is 9.20. The summed E-state index contributed by atoms with van der Waals surface area (Å²) < 4.78 is 0. The second kappa shape index (κ2) is 3.41. The van der Waals surface area contributed by atoms with Crippen molar-refractivity contribution in [3.05, 3.63) is 41.5 Å². The molecule has 0 bridgehead atoms. The van der Waals surface area contributed by atoms with Crippen molar-refractivity contribution < 1.29 is 4.79 Å². The quantitative estimate of drug-likeness (QED) is 0.663. The van der Waals surface area contributed by atoms with E-state index in [-0.39, 0.29) is 5.41 Å². The first-order valence-electron chi connectivity index (χ1n) is 4.97. The highest BCUT2D eigenvalue weighted by Gasteiger charge is 2.43. The Labute approximate surface area is 84.5 Å². The first-order valence-corrected chi connectivity index (χ1v) is 4.97. The average Bonchev–Trinajstić information content (AvgIpc) is 3.00. The summed E-state index contributed by atoms with van der Waals surface area (Å²) in [4.78, 5) is 10.9. The van der Waals surface area contributed by atoms with E-state index >= 15 is 0 Å². The summed E-state index contributed by atoms with van der Waals surface area (Å²) in [5, 5.41) is 0. The summed E-state index contributed by atoms with van der Waals surface area (Å²) in [6.45, 7) is 2.05. The number of carbonyl (C=O) groups excluding carboxylic acids is 1. The van der Waals surface area contributed by atoms with Gasteiger partial charge < -0.3 is 4.79 Å². The lowest BCUT2D eigenvalue weighted by Gasteiger charge is -2.06. The Bertz CT molecular complexity index is 358. The zero-order valence-electron chi connectivity index (χ0n) is 8.36. The molecule has 72 valence electrons. The van der Waals surface area contributed by atoms with Crippen LogP contribution in [-0.2, 0) is 4.79 Å². The Balaban J connectivity index is 2.23. The Kier molecular flexibility index (Phi) is 2.24. The monoisotopic (exact) mass is 186 g/mol. The van der Waals surface area contributed by atoms with Gasteiger partial charge in [0.2, 0.25) is 0 Å². The molecule has 1 aliphatic rings. The van der Waals surface area contributed by atoms with Crippen LogP contribution < -0.4 is 0 Å². The molecule has 1 heteroatoms. The molecule has 1 saturated carbocycles. The Morgan fingerprint density at radius 2 is 1.93 bits per heavy atom. The molecule has 0 saturated heterocycles. The van der Waals surface area contributed by atoms with E-state index in [1.54, 1.807) is 0 Å². The van der Waals surface area contributed by atoms with Crippen molar-refractivity contribution in [2.24, 2.45) is 5.41 Å². The van der Waals surface area contributed by atoms with Crippen LogP contribution in [0.3, 0.4) is 0 Å². The van der Waals surface area contributed by atoms with Crippen molar-refractivity contribution in [3.63, 3.8) is 0 Å². The lowest BCUT2D eigenvalue weighted by molar-refractivity contribution is -0.111. The number of allylic oxidation sites excluding steroid dienone is 1. The Morgan fingerprint density at radius 3 is 2.43 bits per heavy atom. The molecule has 1 nitrogen and oxygen atoms in total. The summed E-state index contributed by atoms with van der Waals surface area (Å²) in [5.41, 5.74) is 2.26. The highest BCUT2D eigenvalue weighted by molar-refractivity contribution is 5.73. The molecule has 0 spiro atoms. The smallest absolute Gasteiger partial charge is 0.130 e. The number of carbonyl (C=O) groups is 1. The zero-order chi connectivity index (χ0) is 10.0. The molecule has 0 unspecified atom stereocenters. The molecule has 0 amide bonds. The van der Waals surface area contributed by atoms with Crippen LogP contribution in [0.4, 0.5) is 0 Å². The van der Waals surface area contributed by atoms with Gasteiger partial charge >= 0.3 is 0 Å². The fourth-order valence-corrected chi connectivity index (χ4v) is 1.68. The van der Waals surface area contributed by atoms with Crippen molar-refractivity contribution in [2.45, 2.75) is 19.8 Å². The van der Waals surface area contributed by atoms with Crippen LogP contribution in [0.15, 0.2) is 35.9 Å². The fourth-order valence-electron chi connectivity index (χ4n) is 1.68. The molecule has 1 aliphatic carbocycles. The van der Waals surface area contributed by atoms with Crippen LogP contribution in [0.25, 0.3) is 6.08 Å². The third-order valence-electron chi connectivity index (χ3n) is 2.98. The van der Waals surface area contributed by atoms with Gasteiger partial charge in [-0.05, 0) is 25.3 Å². The van der Waals surface area contributed by atoms with Crippen molar-refractivity contribution in [3.8, 4) is 0 Å². The van der Waals surface area contributed by atoms with Gasteiger partial charge in [0, 0.05) is 5.41 Å². The van der Waals surface area contributed by atoms with Gasteiger partial charge in [-0.1, -0.05) is 42.0 Å². The second-order valence-electron chi connectivity index (χ2n) is 4.01. The zero-order valence-corrected chi connectivity index (χ0v) is 8.36. The normalized spacial score (nSPS) is 19.1. The van der Waals surface area contributed by atoms with Gasteiger partial charge in [-0.25, -0.2) is 0 Å². The van der Waals surface area contributed by atoms with Gasteiger partial charge in [-0.3, -0.25) is 0 Å². The number of hydrogen-bond donors (Lipinski definition) is 0. The summed E-state index contributed by atoms with van der Waals surface area (Å²) in [6, 6.07) is 10.1. The number of aldehydes is 1. The number of rotatable bonds is 3. The first-order chi connectivity index (χ1) is 6.77. The third kappa shape index (κ3) is 1.63. The molecule has 0 radical (unpaired) electrons. The second-order valence-corrected chi connectivity index (χ2v) is 4.01. The molecule has 1 aromatic carbocycles. The highest BCUT2D eigenvalue weighted by atomic mass is 16.1. The van der Waals surface area contributed by atoms with Crippen LogP contribution in [0, 0.1) is 5.41 Å². The van der Waals surface area contributed by atoms with E-state index in [0.29, 0.717) is 0 Å². The molecule has 0 atom stereocenters. The van der Waals surface area contributed by atoms with Crippen LogP contribution in [-0.4, -0.2) is 6.29 Å². The lowest BCUT2D eigenvalue weighted by atomic mass is 9.97. The predicted octanol–water partition coefficient (Wildman–Crippen LogP) is 3.07. The SMILES string of the molecule is C/C(=C/c1ccccc1)C1(C=O)CC1. The minimum atomic E-state index is -0.115. The van der Waals surface area contributed by atoms with E-state index in [4.69, 9.17) is 0 Å². The topological polar surface area (TPSA) is 17.1 Å². The largest absolute Gasteiger partial charge is 0.302 e. The van der Waals surface area contributed by atoms with Gasteiger partial charge in [0.25, 0.3) is 0 Å². The van der Waals surface area contributed by atoms with Crippen molar-refractivity contribution in [2.75, 3.05) is 0 Å². The van der Waals surface area contributed by atoms with Crippen LogP contribution in [0.2, 0.25) is 0 Å². The van der Waals surface area contributed by atoms with Crippen LogP contribution in [0.5, 0.6) is 0 Å². The molecule has 0 aliphatic heterocycles.